The zero-order valence-corrected chi connectivity index (χ0v) is 31.9. The average Bonchev–Trinajstić information content (AvgIpc) is 3.62. The summed E-state index contributed by atoms with van der Waals surface area (Å²) in [6.07, 6.45) is 5.38. The molecule has 1 aliphatic rings. The number of hydrogen-bond donors (Lipinski definition) is 4. The van der Waals surface area contributed by atoms with Crippen LogP contribution in [0.4, 0.5) is 9.18 Å². The van der Waals surface area contributed by atoms with Crippen LogP contribution in [-0.2, 0) is 35.1 Å². The number of rotatable bonds is 16. The number of amides is 4. The first-order chi connectivity index (χ1) is 25.4. The number of nitrogens with one attached hydrogen (secondary N) is 3. The molecule has 4 amide bonds. The number of hydrogen-bond acceptors (Lipinski definition) is 8. The van der Waals surface area contributed by atoms with Gasteiger partial charge in [-0.2, -0.15) is 0 Å². The van der Waals surface area contributed by atoms with E-state index in [-0.39, 0.29) is 38.8 Å². The number of unbranched alkanes of at least 4 members (excludes halogenated alkanes) is 1. The zero-order chi connectivity index (χ0) is 40.5. The second-order valence-corrected chi connectivity index (χ2v) is 14.0. The van der Waals surface area contributed by atoms with Crippen LogP contribution in [0.2, 0.25) is 0 Å². The largest absolute Gasteiger partial charge is 0.480 e. The Hall–Kier alpha value is -5.45. The fraction of sp³-hybridized carbons (Fsp3) is 0.500. The van der Waals surface area contributed by atoms with E-state index in [1.54, 1.807) is 65.0 Å². The third-order valence-electron chi connectivity index (χ3n) is 8.52. The van der Waals surface area contributed by atoms with E-state index < -0.39 is 70.8 Å². The van der Waals surface area contributed by atoms with Gasteiger partial charge in [0.2, 0.25) is 17.7 Å². The predicted octanol–water partition coefficient (Wildman–Crippen LogP) is 4.77. The Bertz CT molecular complexity index is 1620. The molecular formula is C40H53FN4O9. The highest BCUT2D eigenvalue weighted by Gasteiger charge is 2.41. The van der Waals surface area contributed by atoms with Crippen molar-refractivity contribution in [2.75, 3.05) is 13.2 Å². The first-order valence-electron chi connectivity index (χ1n) is 17.9. The molecule has 0 aromatic heterocycles. The number of benzene rings is 2. The third kappa shape index (κ3) is 14.5. The van der Waals surface area contributed by atoms with Crippen LogP contribution in [0.15, 0.2) is 54.6 Å². The fourth-order valence-electron chi connectivity index (χ4n) is 5.52. The Morgan fingerprint density at radius 1 is 0.981 bits per heavy atom. The number of terminal acetylenes is 1. The number of nitrogens with zero attached hydrogens (tertiary/aromatic N) is 1. The lowest BCUT2D eigenvalue weighted by Gasteiger charge is -2.34. The minimum Gasteiger partial charge on any atom is -0.480 e. The summed E-state index contributed by atoms with van der Waals surface area (Å²) in [5, 5.41) is 17.7. The van der Waals surface area contributed by atoms with Crippen molar-refractivity contribution >= 4 is 35.8 Å². The summed E-state index contributed by atoms with van der Waals surface area (Å²) in [5.41, 5.74) is -1.49. The Morgan fingerprint density at radius 3 is 2.19 bits per heavy atom. The number of carboxylic acids is 1. The number of aliphatic carboxylic acids is 1. The van der Waals surface area contributed by atoms with Crippen molar-refractivity contribution in [1.29, 1.82) is 0 Å². The monoisotopic (exact) mass is 752 g/mol. The molecule has 0 radical (unpaired) electrons. The first kappa shape index (κ1) is 44.7. The van der Waals surface area contributed by atoms with Crippen molar-refractivity contribution in [2.24, 2.45) is 0 Å². The van der Waals surface area contributed by atoms with Gasteiger partial charge in [-0.3, -0.25) is 14.4 Å². The van der Waals surface area contributed by atoms with Gasteiger partial charge in [-0.25, -0.2) is 18.8 Å². The van der Waals surface area contributed by atoms with Gasteiger partial charge in [-0.1, -0.05) is 37.3 Å². The van der Waals surface area contributed by atoms with Crippen LogP contribution < -0.4 is 16.0 Å². The zero-order valence-electron chi connectivity index (χ0n) is 31.9. The molecule has 1 unspecified atom stereocenters. The van der Waals surface area contributed by atoms with Crippen molar-refractivity contribution in [3.63, 3.8) is 0 Å². The van der Waals surface area contributed by atoms with Gasteiger partial charge >= 0.3 is 18.0 Å². The highest BCUT2D eigenvalue weighted by atomic mass is 19.1. The maximum Gasteiger partial charge on any atom is 0.408 e. The van der Waals surface area contributed by atoms with E-state index in [1.165, 1.54) is 36.1 Å². The second kappa shape index (κ2) is 21.3. The topological polar surface area (TPSA) is 180 Å². The van der Waals surface area contributed by atoms with Crippen LogP contribution >= 0.6 is 0 Å². The molecule has 14 heteroatoms. The SMILES string of the molecule is C#CC.CC[C@](C)(NC(=O)[C@H](CCCCOC(=O)c1ccccc1)NC(=O)OC(C)(C)C)C(=O)NC(Cc1ccc(F)cc1)C(=O)N1CCC[C@@H]1C(=O)O. The van der Waals surface area contributed by atoms with Gasteiger partial charge < -0.3 is 35.4 Å². The molecule has 3 rings (SSSR count). The van der Waals surface area contributed by atoms with Gasteiger partial charge in [0.1, 0.15) is 35.1 Å². The van der Waals surface area contributed by atoms with E-state index in [9.17, 15) is 38.3 Å². The number of likely N-dealkylation sites (tertiary alicyclic amines) is 1. The maximum absolute atomic E-state index is 13.9. The number of alkyl carbamates (subject to hydrolysis) is 1. The van der Waals surface area contributed by atoms with E-state index in [2.05, 4.69) is 28.3 Å². The standard InChI is InChI=1S/C37H49FN4O9.C3H4/c1-6-37(5,34(48)39-28(23-24-17-19-26(38)20-18-24)31(44)42-21-12-16-29(42)32(45)46)41-30(43)27(40-35(49)51-36(2,3)4)15-10-11-22-50-33(47)25-13-8-7-9-14-25;1-3-2/h7-9,13-14,17-20,27-29H,6,10-12,15-16,21-23H2,1-5H3,(H,39,48)(H,40,49)(H,41,43)(H,45,46);1H,2H3/t27-,28?,29+,37-;/m0./s1. The molecule has 0 bridgehead atoms. The summed E-state index contributed by atoms with van der Waals surface area (Å²) in [4.78, 5) is 79.4. The number of esters is 1. The van der Waals surface area contributed by atoms with Crippen molar-refractivity contribution in [2.45, 2.75) is 116 Å². The highest BCUT2D eigenvalue weighted by Crippen LogP contribution is 2.21. The molecule has 2 aromatic rings. The van der Waals surface area contributed by atoms with Gasteiger partial charge in [0.15, 0.2) is 0 Å². The lowest BCUT2D eigenvalue weighted by molar-refractivity contribution is -0.149. The number of carbonyl (C=O) groups is 6. The maximum atomic E-state index is 13.9. The van der Waals surface area contributed by atoms with E-state index >= 15 is 0 Å². The number of halogens is 1. The molecule has 2 aromatic carbocycles. The molecule has 0 saturated carbocycles. The summed E-state index contributed by atoms with van der Waals surface area (Å²) in [6.45, 7) is 10.1. The first-order valence-corrected chi connectivity index (χ1v) is 17.9. The van der Waals surface area contributed by atoms with Gasteiger partial charge in [0.25, 0.3) is 0 Å². The summed E-state index contributed by atoms with van der Waals surface area (Å²) in [5.74, 6) is -1.89. The summed E-state index contributed by atoms with van der Waals surface area (Å²) >= 11 is 0. The van der Waals surface area contributed by atoms with Gasteiger partial charge in [-0.15, -0.1) is 12.3 Å². The van der Waals surface area contributed by atoms with Crippen molar-refractivity contribution in [1.82, 2.24) is 20.9 Å². The van der Waals surface area contributed by atoms with Crippen LogP contribution in [0.5, 0.6) is 0 Å². The number of ether oxygens (including phenoxy) is 2. The van der Waals surface area contributed by atoms with E-state index in [0.29, 0.717) is 30.4 Å². The molecule has 1 heterocycles. The summed E-state index contributed by atoms with van der Waals surface area (Å²) in [6, 6.07) is 10.5. The molecule has 4 N–H and O–H groups in total. The molecule has 0 spiro atoms. The Balaban J connectivity index is 0.00000325. The quantitative estimate of drug-likeness (QED) is 0.107. The Kier molecular flexibility index (Phi) is 17.6. The van der Waals surface area contributed by atoms with Crippen LogP contribution in [-0.4, -0.2) is 88.2 Å². The van der Waals surface area contributed by atoms with Gasteiger partial charge in [0.05, 0.1) is 12.2 Å². The van der Waals surface area contributed by atoms with E-state index in [1.807, 2.05) is 0 Å². The third-order valence-corrected chi connectivity index (χ3v) is 8.52. The smallest absolute Gasteiger partial charge is 0.408 e. The average molecular weight is 753 g/mol. The van der Waals surface area contributed by atoms with Crippen LogP contribution in [0.3, 0.4) is 0 Å². The highest BCUT2D eigenvalue weighted by molar-refractivity contribution is 5.97. The van der Waals surface area contributed by atoms with E-state index in [4.69, 9.17) is 9.47 Å². The Morgan fingerprint density at radius 2 is 1.61 bits per heavy atom. The van der Waals surface area contributed by atoms with Crippen LogP contribution in [0, 0.1) is 18.2 Å². The summed E-state index contributed by atoms with van der Waals surface area (Å²) in [7, 11) is 0. The van der Waals surface area contributed by atoms with Crippen LogP contribution in [0.1, 0.15) is 96.0 Å². The molecule has 1 aliphatic heterocycles. The van der Waals surface area contributed by atoms with Crippen molar-refractivity contribution < 1.29 is 47.7 Å². The molecular weight excluding hydrogens is 699 g/mol. The molecule has 294 valence electrons. The van der Waals surface area contributed by atoms with Crippen molar-refractivity contribution in [3.8, 4) is 12.3 Å². The molecule has 4 atom stereocenters. The molecule has 13 nitrogen and oxygen atoms in total. The van der Waals surface area contributed by atoms with Gasteiger partial charge in [0, 0.05) is 13.0 Å². The second-order valence-electron chi connectivity index (χ2n) is 14.0. The number of carbonyl (C=O) groups excluding carboxylic acids is 5. The molecule has 1 fully saturated rings. The molecule has 0 aliphatic carbocycles. The number of carboxylic acid groups (broad SMARTS) is 1. The minimum atomic E-state index is -1.57. The molecule has 1 saturated heterocycles. The Labute approximate surface area is 316 Å². The van der Waals surface area contributed by atoms with Gasteiger partial charge in [-0.05, 0) is 103 Å². The summed E-state index contributed by atoms with van der Waals surface area (Å²) < 4.78 is 24.3. The minimum absolute atomic E-state index is 0.0564. The van der Waals surface area contributed by atoms with Crippen LogP contribution in [0.25, 0.3) is 0 Å². The fourth-order valence-corrected chi connectivity index (χ4v) is 5.52. The van der Waals surface area contributed by atoms with Crippen molar-refractivity contribution in [3.05, 3.63) is 71.5 Å². The lowest BCUT2D eigenvalue weighted by atomic mass is 9.94. The lowest BCUT2D eigenvalue weighted by Crippen LogP contribution is -2.63. The van der Waals surface area contributed by atoms with E-state index in [0.717, 1.165) is 0 Å². The normalized spacial score (nSPS) is 15.8. The molecule has 54 heavy (non-hydrogen) atoms. The predicted molar refractivity (Wildman–Crippen MR) is 199 cm³/mol.